The fourth-order valence-corrected chi connectivity index (χ4v) is 13.1. The predicted octanol–water partition coefficient (Wildman–Crippen LogP) is 22.2. The summed E-state index contributed by atoms with van der Waals surface area (Å²) in [5, 5.41) is 10.6. The monoisotopic (exact) mass is 1400 g/mol. The number of phosphoric acid groups is 2. The minimum absolute atomic E-state index is 0.104. The van der Waals surface area contributed by atoms with Crippen molar-refractivity contribution in [1.29, 1.82) is 0 Å². The van der Waals surface area contributed by atoms with Crippen LogP contribution in [0.3, 0.4) is 0 Å². The molecule has 19 heteroatoms. The van der Waals surface area contributed by atoms with Crippen LogP contribution in [0.2, 0.25) is 0 Å². The molecular formula is C76H148O17P2. The highest BCUT2D eigenvalue weighted by atomic mass is 31.2. The van der Waals surface area contributed by atoms with Gasteiger partial charge in [0.05, 0.1) is 26.4 Å². The van der Waals surface area contributed by atoms with E-state index in [0.717, 1.165) is 108 Å². The Morgan fingerprint density at radius 3 is 0.800 bits per heavy atom. The highest BCUT2D eigenvalue weighted by molar-refractivity contribution is 7.47. The third-order valence-corrected chi connectivity index (χ3v) is 19.9. The number of hydrogen-bond donors (Lipinski definition) is 3. The maximum Gasteiger partial charge on any atom is 0.472 e. The maximum absolute atomic E-state index is 13.1. The molecule has 95 heavy (non-hydrogen) atoms. The van der Waals surface area contributed by atoms with Gasteiger partial charge < -0.3 is 33.8 Å². The van der Waals surface area contributed by atoms with Gasteiger partial charge in [-0.3, -0.25) is 37.3 Å². The second-order valence-electron chi connectivity index (χ2n) is 28.6. The summed E-state index contributed by atoms with van der Waals surface area (Å²) in [5.41, 5.74) is 0. The van der Waals surface area contributed by atoms with Gasteiger partial charge in [-0.1, -0.05) is 337 Å². The summed E-state index contributed by atoms with van der Waals surface area (Å²) in [7, 11) is -9.91. The molecule has 0 aliphatic carbocycles. The van der Waals surface area contributed by atoms with Gasteiger partial charge in [0.2, 0.25) is 0 Å². The van der Waals surface area contributed by atoms with Gasteiger partial charge in [-0.05, 0) is 43.4 Å². The van der Waals surface area contributed by atoms with Crippen LogP contribution in [0.5, 0.6) is 0 Å². The van der Waals surface area contributed by atoms with E-state index in [-0.39, 0.29) is 25.7 Å². The van der Waals surface area contributed by atoms with Crippen LogP contribution in [0, 0.1) is 17.8 Å². The Kier molecular flexibility index (Phi) is 65.2. The lowest BCUT2D eigenvalue weighted by atomic mass is 9.99. The van der Waals surface area contributed by atoms with Crippen molar-refractivity contribution < 1.29 is 80.2 Å². The Labute approximate surface area is 581 Å². The fourth-order valence-electron chi connectivity index (χ4n) is 11.6. The van der Waals surface area contributed by atoms with Gasteiger partial charge in [0.25, 0.3) is 0 Å². The van der Waals surface area contributed by atoms with Crippen molar-refractivity contribution in [3.63, 3.8) is 0 Å². The van der Waals surface area contributed by atoms with Crippen LogP contribution < -0.4 is 0 Å². The van der Waals surface area contributed by atoms with E-state index >= 15 is 0 Å². The van der Waals surface area contributed by atoms with Gasteiger partial charge >= 0.3 is 39.5 Å². The highest BCUT2D eigenvalue weighted by Crippen LogP contribution is 2.45. The lowest BCUT2D eigenvalue weighted by Gasteiger charge is -2.21. The Morgan fingerprint density at radius 1 is 0.305 bits per heavy atom. The van der Waals surface area contributed by atoms with Gasteiger partial charge in [0.1, 0.15) is 19.3 Å². The summed E-state index contributed by atoms with van der Waals surface area (Å²) < 4.78 is 68.5. The Hall–Kier alpha value is -1.94. The molecule has 564 valence electrons. The smallest absolute Gasteiger partial charge is 0.462 e. The van der Waals surface area contributed by atoms with Crippen molar-refractivity contribution >= 4 is 39.5 Å². The first kappa shape index (κ1) is 93.1. The van der Waals surface area contributed by atoms with Crippen LogP contribution in [0.25, 0.3) is 0 Å². The average molecular weight is 1400 g/mol. The molecular weight excluding hydrogens is 1250 g/mol. The minimum atomic E-state index is -4.96. The molecule has 0 radical (unpaired) electrons. The molecule has 0 aromatic carbocycles. The van der Waals surface area contributed by atoms with Crippen molar-refractivity contribution in [1.82, 2.24) is 0 Å². The molecule has 0 saturated heterocycles. The first-order chi connectivity index (χ1) is 45.8. The second-order valence-corrected chi connectivity index (χ2v) is 31.5. The highest BCUT2D eigenvalue weighted by Gasteiger charge is 2.30. The van der Waals surface area contributed by atoms with E-state index in [1.807, 2.05) is 0 Å². The van der Waals surface area contributed by atoms with Gasteiger partial charge in [0, 0.05) is 25.7 Å². The first-order valence-corrected chi connectivity index (χ1v) is 42.4. The van der Waals surface area contributed by atoms with E-state index in [4.69, 9.17) is 37.0 Å². The molecule has 0 aromatic rings. The van der Waals surface area contributed by atoms with Gasteiger partial charge in [-0.25, -0.2) is 9.13 Å². The summed E-state index contributed by atoms with van der Waals surface area (Å²) in [6.45, 7) is 11.8. The summed E-state index contributed by atoms with van der Waals surface area (Å²) in [5.74, 6) is 0.112. The normalized spacial score (nSPS) is 14.4. The van der Waals surface area contributed by atoms with Crippen LogP contribution >= 0.6 is 15.6 Å². The van der Waals surface area contributed by atoms with E-state index in [2.05, 4.69) is 48.5 Å². The number of hydrogen-bond acceptors (Lipinski definition) is 15. The number of unbranched alkanes of at least 4 members (excludes halogenated alkanes) is 41. The standard InChI is InChI=1S/C76H148O17P2/c1-8-10-11-12-13-14-15-16-17-18-19-20-21-22-23-24-29-37-45-52-59-75(80)92-71(63-86-73(78)57-50-43-36-28-26-25-27-33-40-47-54-67(3)4)65-90-94(82,83)88-61-70(77)62-89-95(84,85)91-66-72(64-87-74(79)58-51-44-39-32-34-41-48-55-68(5)6)93-76(81)60-53-46-38-31-30-35-42-49-56-69(7)9-2/h67-72,77H,8-66H2,1-7H3,(H,82,83)(H,84,85)/t69?,70-,71-,72-/m1/s1. The fraction of sp³-hybridized carbons (Fsp3) is 0.947. The molecule has 0 fully saturated rings. The Morgan fingerprint density at radius 2 is 0.537 bits per heavy atom. The summed E-state index contributed by atoms with van der Waals surface area (Å²) in [6, 6.07) is 0. The molecule has 3 N–H and O–H groups in total. The maximum atomic E-state index is 13.1. The number of carbonyl (C=O) groups excluding carboxylic acids is 4. The molecule has 0 bridgehead atoms. The molecule has 0 aromatic heterocycles. The largest absolute Gasteiger partial charge is 0.472 e. The summed E-state index contributed by atoms with van der Waals surface area (Å²) >= 11 is 0. The van der Waals surface area contributed by atoms with Gasteiger partial charge in [-0.15, -0.1) is 0 Å². The molecule has 0 spiro atoms. The first-order valence-electron chi connectivity index (χ1n) is 39.4. The summed E-state index contributed by atoms with van der Waals surface area (Å²) in [6.07, 6.45) is 52.9. The number of esters is 4. The van der Waals surface area contributed by atoms with E-state index < -0.39 is 97.5 Å². The van der Waals surface area contributed by atoms with Crippen LogP contribution in [0.4, 0.5) is 0 Å². The zero-order chi connectivity index (χ0) is 70.1. The third kappa shape index (κ3) is 69.0. The topological polar surface area (TPSA) is 237 Å². The van der Waals surface area contributed by atoms with Crippen LogP contribution in [-0.4, -0.2) is 96.7 Å². The molecule has 0 rings (SSSR count). The van der Waals surface area contributed by atoms with Crippen LogP contribution in [0.15, 0.2) is 0 Å². The lowest BCUT2D eigenvalue weighted by molar-refractivity contribution is -0.161. The zero-order valence-corrected chi connectivity index (χ0v) is 63.9. The Balaban J connectivity index is 5.22. The van der Waals surface area contributed by atoms with Crippen molar-refractivity contribution in [2.24, 2.45) is 17.8 Å². The molecule has 0 aliphatic heterocycles. The van der Waals surface area contributed by atoms with Crippen LogP contribution in [-0.2, 0) is 65.4 Å². The van der Waals surface area contributed by atoms with Crippen molar-refractivity contribution in [3.05, 3.63) is 0 Å². The van der Waals surface area contributed by atoms with Crippen molar-refractivity contribution in [2.75, 3.05) is 39.6 Å². The van der Waals surface area contributed by atoms with E-state index in [1.165, 1.54) is 193 Å². The number of aliphatic hydroxyl groups is 1. The molecule has 0 saturated carbocycles. The number of carbonyl (C=O) groups is 4. The van der Waals surface area contributed by atoms with Crippen molar-refractivity contribution in [3.8, 4) is 0 Å². The zero-order valence-electron chi connectivity index (χ0n) is 62.1. The van der Waals surface area contributed by atoms with Gasteiger partial charge in [0.15, 0.2) is 12.2 Å². The van der Waals surface area contributed by atoms with E-state index in [9.17, 15) is 43.2 Å². The number of phosphoric ester groups is 2. The number of aliphatic hydroxyl groups excluding tert-OH is 1. The Bertz CT molecular complexity index is 1850. The number of ether oxygens (including phenoxy) is 4. The lowest BCUT2D eigenvalue weighted by Crippen LogP contribution is -2.30. The van der Waals surface area contributed by atoms with E-state index in [1.54, 1.807) is 0 Å². The average Bonchev–Trinajstić information content (AvgIpc) is 2.09. The predicted molar refractivity (Wildman–Crippen MR) is 386 cm³/mol. The molecule has 17 nitrogen and oxygen atoms in total. The quantitative estimate of drug-likeness (QED) is 0.0222. The molecule has 6 atom stereocenters. The van der Waals surface area contributed by atoms with Crippen LogP contribution in [0.1, 0.15) is 389 Å². The van der Waals surface area contributed by atoms with Gasteiger partial charge in [-0.2, -0.15) is 0 Å². The third-order valence-electron chi connectivity index (χ3n) is 18.0. The minimum Gasteiger partial charge on any atom is -0.462 e. The second kappa shape index (κ2) is 66.6. The molecule has 0 heterocycles. The molecule has 0 amide bonds. The van der Waals surface area contributed by atoms with E-state index in [0.29, 0.717) is 31.6 Å². The SMILES string of the molecule is CCCCCCCCCCCCCCCCCCCCCCC(=O)O[C@H](COC(=O)CCCCCCCCCCCCC(C)C)COP(=O)(O)OC[C@@H](O)COP(=O)(O)OC[C@@H](COC(=O)CCCCCCCCCC(C)C)OC(=O)CCCCCCCCCCC(C)CC. The number of rotatable bonds is 74. The summed E-state index contributed by atoms with van der Waals surface area (Å²) in [4.78, 5) is 72.8. The van der Waals surface area contributed by atoms with Crippen molar-refractivity contribution in [2.45, 2.75) is 407 Å². The molecule has 0 aliphatic rings. The molecule has 3 unspecified atom stereocenters.